The number of nitrogens with two attached hydrogens (primary N) is 1. The van der Waals surface area contributed by atoms with Gasteiger partial charge in [0.2, 0.25) is 0 Å². The Hall–Kier alpha value is 0.410. The number of halogens is 5. The van der Waals surface area contributed by atoms with E-state index >= 15 is 0 Å². The number of hydrogen-bond donors (Lipinski definition) is 1. The lowest BCUT2D eigenvalue weighted by Gasteiger charge is -2.12. The molecule has 0 saturated heterocycles. The van der Waals surface area contributed by atoms with Crippen LogP contribution >= 0.6 is 22.6 Å². The van der Waals surface area contributed by atoms with E-state index in [9.17, 15) is 17.6 Å². The van der Waals surface area contributed by atoms with E-state index in [1.165, 1.54) is 0 Å². The molecule has 2 N–H and O–H groups in total. The highest BCUT2D eigenvalue weighted by atomic mass is 127. The van der Waals surface area contributed by atoms with E-state index in [0.29, 0.717) is 0 Å². The Morgan fingerprint density at radius 1 is 1.10 bits per heavy atom. The van der Waals surface area contributed by atoms with E-state index in [-0.39, 0.29) is 0 Å². The van der Waals surface area contributed by atoms with Crippen molar-refractivity contribution in [2.45, 2.75) is 22.8 Å². The lowest BCUT2D eigenvalue weighted by atomic mass is 10.3. The van der Waals surface area contributed by atoms with Crippen molar-refractivity contribution in [3.05, 3.63) is 0 Å². The molecule has 0 radical (unpaired) electrons. The van der Waals surface area contributed by atoms with Gasteiger partial charge in [0.25, 0.3) is 9.98 Å². The summed E-state index contributed by atoms with van der Waals surface area (Å²) in [5.41, 5.74) is 4.17. The first-order valence-corrected chi connectivity index (χ1v) is 3.52. The predicted molar refractivity (Wildman–Crippen MR) is 37.3 cm³/mol. The van der Waals surface area contributed by atoms with Gasteiger partial charge in [0.1, 0.15) is 0 Å². The second-order valence-electron chi connectivity index (χ2n) is 1.88. The summed E-state index contributed by atoms with van der Waals surface area (Å²) >= 11 is 0.794. The molecule has 0 spiro atoms. The van der Waals surface area contributed by atoms with Crippen molar-refractivity contribution in [1.29, 1.82) is 0 Å². The molecule has 6 heteroatoms. The highest BCUT2D eigenvalue weighted by Gasteiger charge is 2.31. The molecule has 0 fully saturated rings. The fraction of sp³-hybridized carbons (Fsp3) is 1.00. The topological polar surface area (TPSA) is 26.0 Å². The third-order valence-electron chi connectivity index (χ3n) is 0.742. The third kappa shape index (κ3) is 8.41. The van der Waals surface area contributed by atoms with Crippen LogP contribution in [0.25, 0.3) is 0 Å². The zero-order chi connectivity index (χ0) is 8.41. The van der Waals surface area contributed by atoms with E-state index in [4.69, 9.17) is 0 Å². The molecule has 0 aromatic heterocycles. The van der Waals surface area contributed by atoms with Crippen LogP contribution in [0, 0.1) is 0 Å². The molecule has 10 heavy (non-hydrogen) atoms. The van der Waals surface area contributed by atoms with Crippen LogP contribution in [-0.2, 0) is 0 Å². The quantitative estimate of drug-likeness (QED) is 0.362. The molecule has 0 bridgehead atoms. The molecular weight excluding hydrogens is 265 g/mol. The van der Waals surface area contributed by atoms with Crippen LogP contribution in [0.5, 0.6) is 0 Å². The van der Waals surface area contributed by atoms with Gasteiger partial charge in [0.15, 0.2) is 0 Å². The van der Waals surface area contributed by atoms with Crippen molar-refractivity contribution in [1.82, 2.24) is 0 Å². The molecule has 0 heterocycles. The van der Waals surface area contributed by atoms with Crippen LogP contribution in [0.15, 0.2) is 0 Å². The van der Waals surface area contributed by atoms with E-state index in [0.717, 1.165) is 22.6 Å². The van der Waals surface area contributed by atoms with E-state index in [2.05, 4.69) is 5.73 Å². The molecule has 0 aliphatic carbocycles. The second-order valence-corrected chi connectivity index (χ2v) is 3.45. The maximum Gasteiger partial charge on any atom is 0.300 e. The van der Waals surface area contributed by atoms with Crippen LogP contribution < -0.4 is 5.73 Å². The summed E-state index contributed by atoms with van der Waals surface area (Å²) in [6.07, 6.45) is -1.88. The lowest BCUT2D eigenvalue weighted by molar-refractivity contribution is -0.0216. The van der Waals surface area contributed by atoms with Crippen molar-refractivity contribution < 1.29 is 17.6 Å². The minimum Gasteiger partial charge on any atom is -0.272 e. The Morgan fingerprint density at radius 2 is 1.50 bits per heavy atom. The predicted octanol–water partition coefficient (Wildman–Crippen LogP) is 2.35. The van der Waals surface area contributed by atoms with Gasteiger partial charge in [-0.05, 0) is 22.6 Å². The Morgan fingerprint density at radius 3 is 1.60 bits per heavy atom. The molecule has 0 rings (SSSR count). The summed E-state index contributed by atoms with van der Waals surface area (Å²) in [4.78, 5) is 0. The van der Waals surface area contributed by atoms with E-state index in [1.807, 2.05) is 0 Å². The Labute approximate surface area is 69.1 Å². The highest BCUT2D eigenvalue weighted by Crippen LogP contribution is 2.30. The SMILES string of the molecule is NC(F)(F)CCC(F)(F)I. The molecule has 0 amide bonds. The van der Waals surface area contributed by atoms with Crippen molar-refractivity contribution in [3.8, 4) is 0 Å². The molecule has 0 aliphatic rings. The average molecular weight is 271 g/mol. The molecule has 0 aromatic rings. The van der Waals surface area contributed by atoms with Crippen molar-refractivity contribution in [2.24, 2.45) is 5.73 Å². The normalized spacial score (nSPS) is 13.8. The molecule has 0 atom stereocenters. The molecule has 0 aromatic carbocycles. The van der Waals surface area contributed by atoms with Crippen molar-refractivity contribution >= 4 is 22.6 Å². The van der Waals surface area contributed by atoms with Gasteiger partial charge in [-0.2, -0.15) is 17.6 Å². The van der Waals surface area contributed by atoms with Crippen LogP contribution in [0.3, 0.4) is 0 Å². The number of hydrogen-bond acceptors (Lipinski definition) is 1. The van der Waals surface area contributed by atoms with Crippen LogP contribution in [0.1, 0.15) is 12.8 Å². The van der Waals surface area contributed by atoms with Gasteiger partial charge in [-0.3, -0.25) is 5.73 Å². The summed E-state index contributed by atoms with van der Waals surface area (Å²) in [6, 6.07) is -3.48. The third-order valence-corrected chi connectivity index (χ3v) is 1.28. The summed E-state index contributed by atoms with van der Waals surface area (Å²) in [5.74, 6) is 0. The smallest absolute Gasteiger partial charge is 0.272 e. The zero-order valence-electron chi connectivity index (χ0n) is 4.88. The van der Waals surface area contributed by atoms with Crippen molar-refractivity contribution in [3.63, 3.8) is 0 Å². The molecule has 0 aliphatic heterocycles. The van der Waals surface area contributed by atoms with Crippen LogP contribution in [-0.4, -0.2) is 9.98 Å². The van der Waals surface area contributed by atoms with Gasteiger partial charge in [-0.15, -0.1) is 0 Å². The Balaban J connectivity index is 3.56. The second kappa shape index (κ2) is 3.21. The van der Waals surface area contributed by atoms with Gasteiger partial charge < -0.3 is 0 Å². The monoisotopic (exact) mass is 271 g/mol. The first kappa shape index (κ1) is 10.4. The van der Waals surface area contributed by atoms with Crippen LogP contribution in [0.4, 0.5) is 17.6 Å². The van der Waals surface area contributed by atoms with Gasteiger partial charge in [0, 0.05) is 12.8 Å². The van der Waals surface area contributed by atoms with Gasteiger partial charge in [-0.25, -0.2) is 0 Å². The Kier molecular flexibility index (Phi) is 3.34. The zero-order valence-corrected chi connectivity index (χ0v) is 7.04. The molecule has 0 unspecified atom stereocenters. The molecule has 1 nitrogen and oxygen atoms in total. The maximum atomic E-state index is 11.9. The summed E-state index contributed by atoms with van der Waals surface area (Å²) in [7, 11) is 0. The molecular formula is C4H6F4IN. The molecule has 0 saturated carbocycles. The minimum absolute atomic E-state index is 0.794. The largest absolute Gasteiger partial charge is 0.300 e. The fourth-order valence-electron chi connectivity index (χ4n) is 0.308. The van der Waals surface area contributed by atoms with E-state index in [1.54, 1.807) is 0 Å². The standard InChI is InChI=1S/C4H6F4IN/c5-3(6,9)1-2-4(7,8)10/h1-2,10H2. The average Bonchev–Trinajstić information content (AvgIpc) is 1.57. The van der Waals surface area contributed by atoms with Crippen LogP contribution in [0.2, 0.25) is 0 Å². The number of alkyl halides is 5. The maximum absolute atomic E-state index is 11.9. The lowest BCUT2D eigenvalue weighted by Crippen LogP contribution is -2.29. The van der Waals surface area contributed by atoms with Gasteiger partial charge in [-0.1, -0.05) is 0 Å². The molecule has 62 valence electrons. The minimum atomic E-state index is -3.48. The first-order valence-electron chi connectivity index (χ1n) is 2.44. The summed E-state index contributed by atoms with van der Waals surface area (Å²) in [6.45, 7) is 0. The van der Waals surface area contributed by atoms with Gasteiger partial charge in [0.05, 0.1) is 0 Å². The van der Waals surface area contributed by atoms with E-state index < -0.39 is 22.8 Å². The Bertz CT molecular complexity index is 90.8. The van der Waals surface area contributed by atoms with Gasteiger partial charge >= 0.3 is 0 Å². The number of rotatable bonds is 3. The fourth-order valence-corrected chi connectivity index (χ4v) is 0.578. The van der Waals surface area contributed by atoms with Crippen molar-refractivity contribution in [2.75, 3.05) is 0 Å². The highest BCUT2D eigenvalue weighted by molar-refractivity contribution is 14.1. The summed E-state index contributed by atoms with van der Waals surface area (Å²) in [5, 5.41) is 0. The first-order chi connectivity index (χ1) is 4.21. The summed E-state index contributed by atoms with van der Waals surface area (Å²) < 4.78 is 44.0.